The molecule has 1 aromatic carbocycles. The van der Waals surface area contributed by atoms with E-state index in [1.54, 1.807) is 0 Å². The number of rotatable bonds is 2. The van der Waals surface area contributed by atoms with Crippen LogP contribution >= 0.6 is 0 Å². The molecule has 5 nitrogen and oxygen atoms in total. The first-order valence-corrected chi connectivity index (χ1v) is 9.30. The number of piperidine rings is 1. The highest BCUT2D eigenvalue weighted by atomic mass is 16.5. The molecule has 1 aromatic rings. The zero-order chi connectivity index (χ0) is 18.0. The molecular weight excluding hydrogens is 314 g/mol. The van der Waals surface area contributed by atoms with Gasteiger partial charge in [0, 0.05) is 49.5 Å². The summed E-state index contributed by atoms with van der Waals surface area (Å²) in [7, 11) is 0. The minimum absolute atomic E-state index is 0.0516. The fourth-order valence-electron chi connectivity index (χ4n) is 3.61. The van der Waals surface area contributed by atoms with E-state index in [0.717, 1.165) is 31.5 Å². The van der Waals surface area contributed by atoms with Crippen molar-refractivity contribution in [3.05, 3.63) is 29.3 Å². The molecule has 2 fully saturated rings. The van der Waals surface area contributed by atoms with Gasteiger partial charge in [0.2, 0.25) is 0 Å². The third-order valence-corrected chi connectivity index (χ3v) is 5.00. The number of morpholine rings is 1. The van der Waals surface area contributed by atoms with Gasteiger partial charge >= 0.3 is 0 Å². The first kappa shape index (κ1) is 18.2. The molecule has 1 atom stereocenters. The second kappa shape index (κ2) is 7.34. The molecule has 0 unspecified atom stereocenters. The zero-order valence-electron chi connectivity index (χ0n) is 15.7. The average molecular weight is 344 g/mol. The lowest BCUT2D eigenvalue weighted by Gasteiger charge is -2.36. The van der Waals surface area contributed by atoms with Gasteiger partial charge in [-0.15, -0.1) is 0 Å². The second-order valence-corrected chi connectivity index (χ2v) is 8.14. The molecule has 0 spiro atoms. The van der Waals surface area contributed by atoms with Crippen LogP contribution in [-0.2, 0) is 10.2 Å². The van der Waals surface area contributed by atoms with Gasteiger partial charge < -0.3 is 20.3 Å². The van der Waals surface area contributed by atoms with E-state index in [1.165, 1.54) is 5.69 Å². The van der Waals surface area contributed by atoms with E-state index >= 15 is 0 Å². The van der Waals surface area contributed by atoms with Crippen molar-refractivity contribution >= 4 is 11.6 Å². The number of nitrogens with two attached hydrogens (primary N) is 1. The monoisotopic (exact) mass is 344 g/mol. The summed E-state index contributed by atoms with van der Waals surface area (Å²) in [4.78, 5) is 17.0. The number of carbonyl (C=O) groups is 1. The lowest BCUT2D eigenvalue weighted by atomic mass is 9.84. The summed E-state index contributed by atoms with van der Waals surface area (Å²) < 4.78 is 5.35. The quantitative estimate of drug-likeness (QED) is 0.893. The maximum atomic E-state index is 12.8. The lowest BCUT2D eigenvalue weighted by molar-refractivity contribution is 0.0302. The Balaban J connectivity index is 1.91. The van der Waals surface area contributed by atoms with E-state index < -0.39 is 0 Å². The Morgan fingerprint density at radius 2 is 1.96 bits per heavy atom. The van der Waals surface area contributed by atoms with Crippen LogP contribution in [-0.4, -0.2) is 56.2 Å². The Labute approximate surface area is 151 Å². The Morgan fingerprint density at radius 3 is 2.60 bits per heavy atom. The van der Waals surface area contributed by atoms with Crippen molar-refractivity contribution in [3.8, 4) is 0 Å². The van der Waals surface area contributed by atoms with Crippen LogP contribution in [0, 0.1) is 6.07 Å². The number of anilines is 1. The van der Waals surface area contributed by atoms with E-state index in [9.17, 15) is 4.79 Å². The number of benzene rings is 1. The van der Waals surface area contributed by atoms with Crippen molar-refractivity contribution in [1.29, 1.82) is 0 Å². The first-order valence-electron chi connectivity index (χ1n) is 9.30. The van der Waals surface area contributed by atoms with Gasteiger partial charge in [0.15, 0.2) is 0 Å². The van der Waals surface area contributed by atoms with Crippen LogP contribution in [0.2, 0.25) is 0 Å². The molecule has 2 aliphatic heterocycles. The van der Waals surface area contributed by atoms with Crippen LogP contribution in [0.3, 0.4) is 0 Å². The van der Waals surface area contributed by atoms with Gasteiger partial charge in [-0.05, 0) is 36.0 Å². The Morgan fingerprint density at radius 1 is 1.24 bits per heavy atom. The molecular formula is C20H30N3O2. The Kier molecular flexibility index (Phi) is 5.35. The highest BCUT2D eigenvalue weighted by Gasteiger charge is 2.27. The van der Waals surface area contributed by atoms with Crippen LogP contribution in [0.1, 0.15) is 49.5 Å². The predicted molar refractivity (Wildman–Crippen MR) is 100 cm³/mol. The maximum absolute atomic E-state index is 12.8. The van der Waals surface area contributed by atoms with Crippen LogP contribution < -0.4 is 10.6 Å². The predicted octanol–water partition coefficient (Wildman–Crippen LogP) is 2.18. The maximum Gasteiger partial charge on any atom is 0.254 e. The number of nitrogens with zero attached hydrogens (tertiary/aromatic N) is 2. The fraction of sp³-hybridized carbons (Fsp3) is 0.650. The Hall–Kier alpha value is -1.59. The van der Waals surface area contributed by atoms with Crippen molar-refractivity contribution in [3.63, 3.8) is 0 Å². The van der Waals surface area contributed by atoms with Crippen LogP contribution in [0.15, 0.2) is 12.1 Å². The van der Waals surface area contributed by atoms with Gasteiger partial charge in [-0.2, -0.15) is 0 Å². The summed E-state index contributed by atoms with van der Waals surface area (Å²) in [6, 6.07) is 7.67. The van der Waals surface area contributed by atoms with Gasteiger partial charge in [-0.25, -0.2) is 0 Å². The SMILES string of the molecule is CC(C)(C)c1[c]c(C(=O)N2CCOCC2)ccc1N1CCC[C@H](N)C1. The third kappa shape index (κ3) is 4.15. The second-order valence-electron chi connectivity index (χ2n) is 8.14. The Bertz CT molecular complexity index is 618. The van der Waals surface area contributed by atoms with Crippen molar-refractivity contribution in [2.24, 2.45) is 5.73 Å². The standard InChI is InChI=1S/C20H30N3O2/c1-20(2,3)17-13-15(19(24)22-9-11-25-12-10-22)6-7-18(17)23-8-4-5-16(21)14-23/h6-7,16H,4-5,8-12,14,21H2,1-3H3/t16-/m0/s1. The van der Waals surface area contributed by atoms with Crippen molar-refractivity contribution < 1.29 is 9.53 Å². The molecule has 0 bridgehead atoms. The highest BCUT2D eigenvalue weighted by molar-refractivity contribution is 5.94. The van der Waals surface area contributed by atoms with E-state index in [-0.39, 0.29) is 17.4 Å². The van der Waals surface area contributed by atoms with E-state index in [4.69, 9.17) is 10.5 Å². The van der Waals surface area contributed by atoms with Crippen molar-refractivity contribution in [1.82, 2.24) is 4.90 Å². The zero-order valence-corrected chi connectivity index (χ0v) is 15.7. The number of amides is 1. The average Bonchev–Trinajstić information content (AvgIpc) is 2.60. The largest absolute Gasteiger partial charge is 0.378 e. The number of hydrogen-bond acceptors (Lipinski definition) is 4. The topological polar surface area (TPSA) is 58.8 Å². The number of ether oxygens (including phenoxy) is 1. The van der Waals surface area contributed by atoms with Crippen LogP contribution in [0.25, 0.3) is 0 Å². The molecule has 2 N–H and O–H groups in total. The van der Waals surface area contributed by atoms with Gasteiger partial charge in [-0.1, -0.05) is 20.8 Å². The molecule has 25 heavy (non-hydrogen) atoms. The van der Waals surface area contributed by atoms with Gasteiger partial charge in [0.05, 0.1) is 13.2 Å². The third-order valence-electron chi connectivity index (χ3n) is 5.00. The molecule has 0 aliphatic carbocycles. The fourth-order valence-corrected chi connectivity index (χ4v) is 3.61. The normalized spacial score (nSPS) is 22.2. The lowest BCUT2D eigenvalue weighted by Crippen LogP contribution is -2.44. The summed E-state index contributed by atoms with van der Waals surface area (Å²) in [5.41, 5.74) is 9.00. The molecule has 5 heteroatoms. The number of hydrogen-bond donors (Lipinski definition) is 1. The number of carbonyl (C=O) groups excluding carboxylic acids is 1. The molecule has 1 amide bonds. The molecule has 2 aliphatic rings. The molecule has 137 valence electrons. The van der Waals surface area contributed by atoms with Crippen LogP contribution in [0.5, 0.6) is 0 Å². The van der Waals surface area contributed by atoms with E-state index in [1.807, 2.05) is 11.0 Å². The molecule has 0 saturated carbocycles. The minimum atomic E-state index is -0.0851. The minimum Gasteiger partial charge on any atom is -0.378 e. The van der Waals surface area contributed by atoms with Crippen molar-refractivity contribution in [2.45, 2.75) is 45.1 Å². The highest BCUT2D eigenvalue weighted by Crippen LogP contribution is 2.34. The van der Waals surface area contributed by atoms with E-state index in [0.29, 0.717) is 31.9 Å². The van der Waals surface area contributed by atoms with E-state index in [2.05, 4.69) is 37.8 Å². The summed E-state index contributed by atoms with van der Waals surface area (Å²) in [6.07, 6.45) is 2.19. The summed E-state index contributed by atoms with van der Waals surface area (Å²) in [5.74, 6) is 0.0516. The molecule has 2 saturated heterocycles. The first-order chi connectivity index (χ1) is 11.9. The summed E-state index contributed by atoms with van der Waals surface area (Å²) >= 11 is 0. The van der Waals surface area contributed by atoms with Crippen LogP contribution in [0.4, 0.5) is 5.69 Å². The van der Waals surface area contributed by atoms with Gasteiger partial charge in [0.25, 0.3) is 5.91 Å². The molecule has 2 heterocycles. The van der Waals surface area contributed by atoms with Crippen molar-refractivity contribution in [2.75, 3.05) is 44.3 Å². The summed E-state index contributed by atoms with van der Waals surface area (Å²) in [5, 5.41) is 0. The van der Waals surface area contributed by atoms with Gasteiger partial charge in [0.1, 0.15) is 0 Å². The molecule has 0 aromatic heterocycles. The smallest absolute Gasteiger partial charge is 0.254 e. The summed E-state index contributed by atoms with van der Waals surface area (Å²) in [6.45, 7) is 10.9. The molecule has 3 rings (SSSR count). The molecule has 1 radical (unpaired) electrons. The van der Waals surface area contributed by atoms with Gasteiger partial charge in [-0.3, -0.25) is 4.79 Å².